The van der Waals surface area contributed by atoms with Crippen LogP contribution in [0.1, 0.15) is 36.5 Å². The third-order valence-corrected chi connectivity index (χ3v) is 4.18. The minimum atomic E-state index is -0.703. The fraction of sp³-hybridized carbons (Fsp3) is 0.444. The van der Waals surface area contributed by atoms with Crippen LogP contribution in [0.4, 0.5) is 5.69 Å². The molecule has 0 spiro atoms. The summed E-state index contributed by atoms with van der Waals surface area (Å²) >= 11 is 1.57. The number of hydrogen-bond donors (Lipinski definition) is 2. The van der Waals surface area contributed by atoms with Gasteiger partial charge in [-0.15, -0.1) is 0 Å². The fourth-order valence-corrected chi connectivity index (χ4v) is 2.56. The lowest BCUT2D eigenvalue weighted by Crippen LogP contribution is -2.41. The molecule has 8 heteroatoms. The molecule has 142 valence electrons. The highest BCUT2D eigenvalue weighted by Gasteiger charge is 2.21. The maximum atomic E-state index is 12.3. The summed E-state index contributed by atoms with van der Waals surface area (Å²) < 4.78 is 4.71. The van der Waals surface area contributed by atoms with Gasteiger partial charge in [0.05, 0.1) is 7.11 Å². The van der Waals surface area contributed by atoms with E-state index in [-0.39, 0.29) is 24.5 Å². The summed E-state index contributed by atoms with van der Waals surface area (Å²) in [5.41, 5.74) is 0.895. The summed E-state index contributed by atoms with van der Waals surface area (Å²) in [6.07, 6.45) is 2.70. The quantitative estimate of drug-likeness (QED) is 0.602. The van der Waals surface area contributed by atoms with E-state index in [1.165, 1.54) is 14.0 Å². The van der Waals surface area contributed by atoms with Gasteiger partial charge in [0.15, 0.2) is 0 Å². The molecule has 0 aromatic heterocycles. The van der Waals surface area contributed by atoms with E-state index in [2.05, 4.69) is 10.6 Å². The number of Topliss-reactive ketones (excluding diaryl/α,β-unsaturated/α-hetero) is 1. The Morgan fingerprint density at radius 2 is 1.77 bits per heavy atom. The molecule has 0 heterocycles. The first-order valence-electron chi connectivity index (χ1n) is 8.14. The molecule has 26 heavy (non-hydrogen) atoms. The van der Waals surface area contributed by atoms with E-state index in [9.17, 15) is 19.2 Å². The van der Waals surface area contributed by atoms with Gasteiger partial charge in [-0.3, -0.25) is 9.59 Å². The van der Waals surface area contributed by atoms with Crippen LogP contribution < -0.4 is 10.6 Å². The van der Waals surface area contributed by atoms with Crippen molar-refractivity contribution in [3.05, 3.63) is 29.8 Å². The van der Waals surface area contributed by atoms with Crippen LogP contribution in [-0.2, 0) is 19.1 Å². The Kier molecular flexibility index (Phi) is 9.43. The van der Waals surface area contributed by atoms with Gasteiger partial charge in [-0.25, -0.2) is 4.79 Å². The molecule has 7 nitrogen and oxygen atoms in total. The van der Waals surface area contributed by atoms with Gasteiger partial charge in [-0.1, -0.05) is 0 Å². The van der Waals surface area contributed by atoms with Crippen LogP contribution in [0, 0.1) is 0 Å². The van der Waals surface area contributed by atoms with Gasteiger partial charge in [0.2, 0.25) is 5.91 Å². The standard InChI is InChI=1S/C18H24N2O5S/c1-12(21)4-9-16(22)19-14-7-5-13(6-8-14)17(23)20-15(10-11-26-3)18(24)25-2/h5-8,15H,4,9-11H2,1-3H3,(H,19,22)(H,20,23)/t15-/m1/s1. The van der Waals surface area contributed by atoms with E-state index >= 15 is 0 Å². The number of thioether (sulfide) groups is 1. The molecule has 2 N–H and O–H groups in total. The number of hydrogen-bond acceptors (Lipinski definition) is 6. The molecule has 1 atom stereocenters. The smallest absolute Gasteiger partial charge is 0.328 e. The molecular formula is C18H24N2O5S. The molecule has 0 aliphatic heterocycles. The van der Waals surface area contributed by atoms with Crippen LogP contribution in [-0.4, -0.2) is 48.7 Å². The van der Waals surface area contributed by atoms with Crippen molar-refractivity contribution in [1.29, 1.82) is 0 Å². The Hall–Kier alpha value is -2.35. The molecular weight excluding hydrogens is 356 g/mol. The maximum Gasteiger partial charge on any atom is 0.328 e. The Morgan fingerprint density at radius 3 is 2.31 bits per heavy atom. The van der Waals surface area contributed by atoms with Gasteiger partial charge >= 0.3 is 5.97 Å². The van der Waals surface area contributed by atoms with Crippen LogP contribution in [0.25, 0.3) is 0 Å². The van der Waals surface area contributed by atoms with Gasteiger partial charge in [-0.2, -0.15) is 11.8 Å². The van der Waals surface area contributed by atoms with Crippen molar-refractivity contribution in [1.82, 2.24) is 5.32 Å². The maximum absolute atomic E-state index is 12.3. The molecule has 1 aromatic rings. The largest absolute Gasteiger partial charge is 0.467 e. The van der Waals surface area contributed by atoms with Crippen molar-refractivity contribution in [3.63, 3.8) is 0 Å². The lowest BCUT2D eigenvalue weighted by atomic mass is 10.1. The first-order chi connectivity index (χ1) is 12.4. The van der Waals surface area contributed by atoms with E-state index < -0.39 is 17.9 Å². The van der Waals surface area contributed by atoms with Crippen LogP contribution in [0.3, 0.4) is 0 Å². The summed E-state index contributed by atoms with van der Waals surface area (Å²) in [6.45, 7) is 1.43. The Morgan fingerprint density at radius 1 is 1.12 bits per heavy atom. The van der Waals surface area contributed by atoms with Crippen molar-refractivity contribution in [3.8, 4) is 0 Å². The minimum absolute atomic E-state index is 0.0474. The molecule has 2 amide bonds. The summed E-state index contributed by atoms with van der Waals surface area (Å²) in [7, 11) is 1.28. The number of amides is 2. The van der Waals surface area contributed by atoms with Gasteiger partial charge in [-0.05, 0) is 49.6 Å². The first-order valence-corrected chi connectivity index (χ1v) is 9.53. The highest BCUT2D eigenvalue weighted by Crippen LogP contribution is 2.11. The van der Waals surface area contributed by atoms with E-state index in [4.69, 9.17) is 4.74 Å². The fourth-order valence-electron chi connectivity index (χ4n) is 2.09. The molecule has 0 saturated carbocycles. The Labute approximate surface area is 157 Å². The monoisotopic (exact) mass is 380 g/mol. The average molecular weight is 380 g/mol. The van der Waals surface area contributed by atoms with Crippen molar-refractivity contribution in [2.24, 2.45) is 0 Å². The number of ether oxygens (including phenoxy) is 1. The summed E-state index contributed by atoms with van der Waals surface area (Å²) in [5, 5.41) is 5.32. The predicted molar refractivity (Wildman–Crippen MR) is 101 cm³/mol. The van der Waals surface area contributed by atoms with E-state index in [0.29, 0.717) is 23.4 Å². The van der Waals surface area contributed by atoms with Gasteiger partial charge in [0.1, 0.15) is 11.8 Å². The summed E-state index contributed by atoms with van der Waals surface area (Å²) in [4.78, 5) is 46.6. The second-order valence-corrected chi connectivity index (χ2v) is 6.64. The number of benzene rings is 1. The number of ketones is 1. The number of nitrogens with one attached hydrogen (secondary N) is 2. The molecule has 0 radical (unpaired) electrons. The number of carbonyl (C=O) groups is 4. The lowest BCUT2D eigenvalue weighted by molar-refractivity contribution is -0.142. The summed E-state index contributed by atoms with van der Waals surface area (Å²) in [5.74, 6) is -0.475. The van der Waals surface area contributed by atoms with Gasteiger partial charge < -0.3 is 20.2 Å². The number of rotatable bonds is 10. The Balaban J connectivity index is 2.65. The molecule has 0 unspecified atom stereocenters. The van der Waals surface area contributed by atoms with E-state index in [1.54, 1.807) is 36.0 Å². The normalized spacial score (nSPS) is 11.3. The molecule has 1 aromatic carbocycles. The van der Waals surface area contributed by atoms with Crippen molar-refractivity contribution < 1.29 is 23.9 Å². The van der Waals surface area contributed by atoms with Crippen LogP contribution >= 0.6 is 11.8 Å². The number of methoxy groups -OCH3 is 1. The van der Waals surface area contributed by atoms with Gasteiger partial charge in [0, 0.05) is 24.1 Å². The Bertz CT molecular complexity index is 645. The third kappa shape index (κ3) is 7.69. The molecule has 1 rings (SSSR count). The number of anilines is 1. The highest BCUT2D eigenvalue weighted by atomic mass is 32.2. The lowest BCUT2D eigenvalue weighted by Gasteiger charge is -2.16. The zero-order valence-electron chi connectivity index (χ0n) is 15.2. The van der Waals surface area contributed by atoms with Crippen molar-refractivity contribution in [2.45, 2.75) is 32.2 Å². The molecule has 0 fully saturated rings. The summed E-state index contributed by atoms with van der Waals surface area (Å²) in [6, 6.07) is 5.59. The molecule has 0 bridgehead atoms. The topological polar surface area (TPSA) is 102 Å². The third-order valence-electron chi connectivity index (χ3n) is 3.54. The van der Waals surface area contributed by atoms with Crippen LogP contribution in [0.5, 0.6) is 0 Å². The second-order valence-electron chi connectivity index (χ2n) is 5.66. The van der Waals surface area contributed by atoms with Gasteiger partial charge in [0.25, 0.3) is 5.91 Å². The van der Waals surface area contributed by atoms with E-state index in [0.717, 1.165) is 0 Å². The average Bonchev–Trinajstić information content (AvgIpc) is 2.63. The molecule has 0 aliphatic carbocycles. The molecule has 0 saturated heterocycles. The number of carbonyl (C=O) groups excluding carboxylic acids is 4. The zero-order valence-corrected chi connectivity index (χ0v) is 16.0. The van der Waals surface area contributed by atoms with Crippen molar-refractivity contribution >= 4 is 41.0 Å². The zero-order chi connectivity index (χ0) is 19.5. The SMILES string of the molecule is COC(=O)[C@@H](CCSC)NC(=O)c1ccc(NC(=O)CCC(C)=O)cc1. The first kappa shape index (κ1) is 21.7. The minimum Gasteiger partial charge on any atom is -0.467 e. The van der Waals surface area contributed by atoms with Crippen LogP contribution in [0.2, 0.25) is 0 Å². The van der Waals surface area contributed by atoms with E-state index in [1.807, 2.05) is 6.26 Å². The molecule has 0 aliphatic rings. The predicted octanol–water partition coefficient (Wildman–Crippen LogP) is 2.02. The van der Waals surface area contributed by atoms with Crippen molar-refractivity contribution in [2.75, 3.05) is 24.4 Å². The van der Waals surface area contributed by atoms with Crippen LogP contribution in [0.15, 0.2) is 24.3 Å². The second kappa shape index (κ2) is 11.3. The highest BCUT2D eigenvalue weighted by molar-refractivity contribution is 7.98. The number of esters is 1.